The summed E-state index contributed by atoms with van der Waals surface area (Å²) < 4.78 is 0. The molecule has 0 bridgehead atoms. The summed E-state index contributed by atoms with van der Waals surface area (Å²) in [5.41, 5.74) is 2.56. The molecule has 1 aromatic heterocycles. The summed E-state index contributed by atoms with van der Waals surface area (Å²) in [6.07, 6.45) is 3.23. The molecule has 21 heavy (non-hydrogen) atoms. The summed E-state index contributed by atoms with van der Waals surface area (Å²) in [6.45, 7) is 1.82. The Bertz CT molecular complexity index is 712. The van der Waals surface area contributed by atoms with Gasteiger partial charge in [-0.15, -0.1) is 11.3 Å². The molecule has 2 aromatic rings. The van der Waals surface area contributed by atoms with Crippen molar-refractivity contribution in [3.05, 3.63) is 50.7 Å². The summed E-state index contributed by atoms with van der Waals surface area (Å²) in [5.74, 6) is -1.27. The van der Waals surface area contributed by atoms with Gasteiger partial charge in [0.2, 0.25) is 0 Å². The zero-order valence-corrected chi connectivity index (χ0v) is 12.4. The molecule has 108 valence electrons. The summed E-state index contributed by atoms with van der Waals surface area (Å²) >= 11 is 1.51. The van der Waals surface area contributed by atoms with Crippen LogP contribution in [0, 0.1) is 6.92 Å². The molecular formula is C16H15NO3S. The SMILES string of the molecule is Cc1ccc(NC(=O)c2cc3c(s2)CCC3)c(C(=O)O)c1. The maximum Gasteiger partial charge on any atom is 0.337 e. The second-order valence-corrected chi connectivity index (χ2v) is 6.36. The number of carboxylic acids is 1. The Morgan fingerprint density at radius 1 is 1.24 bits per heavy atom. The fraction of sp³-hybridized carbons (Fsp3) is 0.250. The number of rotatable bonds is 3. The normalized spacial score (nSPS) is 13.0. The average Bonchev–Trinajstić information content (AvgIpc) is 3.01. The van der Waals surface area contributed by atoms with Crippen LogP contribution in [0.2, 0.25) is 0 Å². The average molecular weight is 301 g/mol. The topological polar surface area (TPSA) is 66.4 Å². The lowest BCUT2D eigenvalue weighted by molar-refractivity contribution is 0.0698. The van der Waals surface area contributed by atoms with Gasteiger partial charge in [-0.05, 0) is 49.9 Å². The van der Waals surface area contributed by atoms with Crippen molar-refractivity contribution in [3.63, 3.8) is 0 Å². The van der Waals surface area contributed by atoms with Gasteiger partial charge in [0.05, 0.1) is 16.1 Å². The fourth-order valence-electron chi connectivity index (χ4n) is 2.57. The number of hydrogen-bond acceptors (Lipinski definition) is 3. The Kier molecular flexibility index (Phi) is 3.51. The molecule has 1 heterocycles. The number of amides is 1. The molecule has 0 spiro atoms. The highest BCUT2D eigenvalue weighted by Gasteiger charge is 2.20. The number of benzene rings is 1. The van der Waals surface area contributed by atoms with Gasteiger partial charge >= 0.3 is 5.97 Å². The van der Waals surface area contributed by atoms with Crippen molar-refractivity contribution in [1.82, 2.24) is 0 Å². The summed E-state index contributed by atoms with van der Waals surface area (Å²) in [5, 5.41) is 11.9. The van der Waals surface area contributed by atoms with Gasteiger partial charge in [0.25, 0.3) is 5.91 Å². The minimum atomic E-state index is -1.04. The molecule has 0 radical (unpaired) electrons. The van der Waals surface area contributed by atoms with E-state index in [4.69, 9.17) is 0 Å². The molecule has 0 saturated heterocycles. The summed E-state index contributed by atoms with van der Waals surface area (Å²) in [4.78, 5) is 25.5. The first-order valence-electron chi connectivity index (χ1n) is 6.81. The minimum absolute atomic E-state index is 0.118. The number of fused-ring (bicyclic) bond motifs is 1. The molecule has 1 aliphatic carbocycles. The minimum Gasteiger partial charge on any atom is -0.478 e. The number of aryl methyl sites for hydroxylation is 3. The van der Waals surface area contributed by atoms with Gasteiger partial charge in [-0.2, -0.15) is 0 Å². The third-order valence-corrected chi connectivity index (χ3v) is 4.86. The lowest BCUT2D eigenvalue weighted by Crippen LogP contribution is -2.13. The highest BCUT2D eigenvalue weighted by Crippen LogP contribution is 2.31. The number of hydrogen-bond donors (Lipinski definition) is 2. The number of anilines is 1. The smallest absolute Gasteiger partial charge is 0.337 e. The van der Waals surface area contributed by atoms with E-state index in [2.05, 4.69) is 5.32 Å². The van der Waals surface area contributed by atoms with Crippen LogP contribution in [0.4, 0.5) is 5.69 Å². The summed E-state index contributed by atoms with van der Waals surface area (Å²) in [6, 6.07) is 6.91. The van der Waals surface area contributed by atoms with Gasteiger partial charge in [-0.1, -0.05) is 11.6 Å². The maximum absolute atomic E-state index is 12.3. The second-order valence-electron chi connectivity index (χ2n) is 5.22. The van der Waals surface area contributed by atoms with Crippen LogP contribution in [0.5, 0.6) is 0 Å². The Labute approximate surface area is 126 Å². The van der Waals surface area contributed by atoms with E-state index in [-0.39, 0.29) is 11.5 Å². The number of carbonyl (C=O) groups excluding carboxylic acids is 1. The van der Waals surface area contributed by atoms with Crippen LogP contribution in [0.1, 0.15) is 42.5 Å². The first-order valence-corrected chi connectivity index (χ1v) is 7.63. The lowest BCUT2D eigenvalue weighted by atomic mass is 10.1. The van der Waals surface area contributed by atoms with E-state index < -0.39 is 5.97 Å². The van der Waals surface area contributed by atoms with E-state index >= 15 is 0 Å². The molecule has 0 atom stereocenters. The molecule has 0 unspecified atom stereocenters. The molecule has 1 aromatic carbocycles. The molecule has 1 aliphatic rings. The maximum atomic E-state index is 12.3. The van der Waals surface area contributed by atoms with Crippen molar-refractivity contribution in [2.45, 2.75) is 26.2 Å². The number of aromatic carboxylic acids is 1. The van der Waals surface area contributed by atoms with Gasteiger partial charge in [0.1, 0.15) is 0 Å². The van der Waals surface area contributed by atoms with Crippen molar-refractivity contribution in [3.8, 4) is 0 Å². The monoisotopic (exact) mass is 301 g/mol. The van der Waals surface area contributed by atoms with E-state index in [9.17, 15) is 14.7 Å². The molecular weight excluding hydrogens is 286 g/mol. The van der Waals surface area contributed by atoms with Crippen LogP contribution in [0.3, 0.4) is 0 Å². The molecule has 3 rings (SSSR count). The van der Waals surface area contributed by atoms with Crippen molar-refractivity contribution >= 4 is 28.9 Å². The molecule has 2 N–H and O–H groups in total. The van der Waals surface area contributed by atoms with Crippen LogP contribution in [-0.2, 0) is 12.8 Å². The third-order valence-electron chi connectivity index (χ3n) is 3.62. The predicted octanol–water partition coefficient (Wildman–Crippen LogP) is 3.50. The van der Waals surface area contributed by atoms with Crippen molar-refractivity contribution in [2.24, 2.45) is 0 Å². The Morgan fingerprint density at radius 2 is 2.05 bits per heavy atom. The van der Waals surface area contributed by atoms with E-state index in [0.29, 0.717) is 10.6 Å². The van der Waals surface area contributed by atoms with E-state index in [1.165, 1.54) is 21.8 Å². The van der Waals surface area contributed by atoms with Crippen molar-refractivity contribution in [2.75, 3.05) is 5.32 Å². The van der Waals surface area contributed by atoms with Crippen LogP contribution in [0.15, 0.2) is 24.3 Å². The quantitative estimate of drug-likeness (QED) is 0.912. The first-order chi connectivity index (χ1) is 10.0. The zero-order valence-electron chi connectivity index (χ0n) is 11.6. The first kappa shape index (κ1) is 13.8. The van der Waals surface area contributed by atoms with Gasteiger partial charge < -0.3 is 10.4 Å². The standard InChI is InChI=1S/C16H15NO3S/c1-9-5-6-12(11(7-9)16(19)20)17-15(18)14-8-10-3-2-4-13(10)21-14/h5-8H,2-4H2,1H3,(H,17,18)(H,19,20). The number of carboxylic acid groups (broad SMARTS) is 1. The Balaban J connectivity index is 1.86. The largest absolute Gasteiger partial charge is 0.478 e. The van der Waals surface area contributed by atoms with Crippen molar-refractivity contribution < 1.29 is 14.7 Å². The van der Waals surface area contributed by atoms with Crippen LogP contribution in [-0.4, -0.2) is 17.0 Å². The summed E-state index contributed by atoms with van der Waals surface area (Å²) in [7, 11) is 0. The van der Waals surface area contributed by atoms with Crippen LogP contribution < -0.4 is 5.32 Å². The molecule has 5 heteroatoms. The highest BCUT2D eigenvalue weighted by atomic mass is 32.1. The van der Waals surface area contributed by atoms with Gasteiger partial charge in [-0.25, -0.2) is 4.79 Å². The number of nitrogens with one attached hydrogen (secondary N) is 1. The van der Waals surface area contributed by atoms with Crippen LogP contribution >= 0.6 is 11.3 Å². The molecule has 4 nitrogen and oxygen atoms in total. The zero-order chi connectivity index (χ0) is 15.0. The lowest BCUT2D eigenvalue weighted by Gasteiger charge is -2.08. The Morgan fingerprint density at radius 3 is 2.76 bits per heavy atom. The molecule has 1 amide bonds. The third kappa shape index (κ3) is 2.69. The Hall–Kier alpha value is -2.14. The number of thiophene rings is 1. The van der Waals surface area contributed by atoms with E-state index in [1.54, 1.807) is 18.2 Å². The van der Waals surface area contributed by atoms with Gasteiger partial charge in [0, 0.05) is 4.88 Å². The van der Waals surface area contributed by atoms with Crippen LogP contribution in [0.25, 0.3) is 0 Å². The second kappa shape index (κ2) is 5.33. The van der Waals surface area contributed by atoms with Crippen molar-refractivity contribution in [1.29, 1.82) is 0 Å². The fourth-order valence-corrected chi connectivity index (χ4v) is 3.72. The number of carbonyl (C=O) groups is 2. The van der Waals surface area contributed by atoms with E-state index in [0.717, 1.165) is 24.8 Å². The van der Waals surface area contributed by atoms with Gasteiger partial charge in [0.15, 0.2) is 0 Å². The predicted molar refractivity (Wildman–Crippen MR) is 82.4 cm³/mol. The van der Waals surface area contributed by atoms with Gasteiger partial charge in [-0.3, -0.25) is 4.79 Å². The van der Waals surface area contributed by atoms with E-state index in [1.807, 2.05) is 13.0 Å². The molecule has 0 fully saturated rings. The highest BCUT2D eigenvalue weighted by molar-refractivity contribution is 7.14. The molecule has 0 saturated carbocycles. The molecule has 0 aliphatic heterocycles.